The predicted octanol–water partition coefficient (Wildman–Crippen LogP) is 0.637. The number of benzene rings is 1. The van der Waals surface area contributed by atoms with Crippen molar-refractivity contribution >= 4 is 5.69 Å². The number of hydrogen-bond donors (Lipinski definition) is 2. The molecule has 8 nitrogen and oxygen atoms in total. The number of nitrogens with two attached hydrogens (primary N) is 1. The van der Waals surface area contributed by atoms with Gasteiger partial charge in [-0.1, -0.05) is 17.3 Å². The first-order chi connectivity index (χ1) is 8.61. The third kappa shape index (κ3) is 2.34. The van der Waals surface area contributed by atoms with E-state index in [1.807, 2.05) is 0 Å². The molecule has 94 valence electrons. The van der Waals surface area contributed by atoms with Crippen LogP contribution in [0, 0.1) is 10.1 Å². The maximum atomic E-state index is 10.6. The van der Waals surface area contributed by atoms with Gasteiger partial charge < -0.3 is 15.4 Å². The van der Waals surface area contributed by atoms with Crippen LogP contribution >= 0.6 is 0 Å². The summed E-state index contributed by atoms with van der Waals surface area (Å²) in [7, 11) is 0. The van der Waals surface area contributed by atoms with Crippen LogP contribution in [-0.2, 0) is 0 Å². The summed E-state index contributed by atoms with van der Waals surface area (Å²) in [4.78, 5) is 14.1. The SMILES string of the molecule is N[C@@H](CO)c1nc(-c2cccc([N+](=O)[O-])c2)no1. The van der Waals surface area contributed by atoms with Crippen LogP contribution in [0.15, 0.2) is 28.8 Å². The molecule has 0 spiro atoms. The van der Waals surface area contributed by atoms with E-state index in [-0.39, 0.29) is 24.0 Å². The monoisotopic (exact) mass is 250 g/mol. The van der Waals surface area contributed by atoms with E-state index in [1.165, 1.54) is 18.2 Å². The van der Waals surface area contributed by atoms with Crippen LogP contribution in [0.4, 0.5) is 5.69 Å². The van der Waals surface area contributed by atoms with Crippen molar-refractivity contribution in [3.05, 3.63) is 40.3 Å². The minimum Gasteiger partial charge on any atom is -0.394 e. The number of rotatable bonds is 4. The zero-order valence-electron chi connectivity index (χ0n) is 9.18. The fraction of sp³-hybridized carbons (Fsp3) is 0.200. The van der Waals surface area contributed by atoms with E-state index in [4.69, 9.17) is 15.4 Å². The van der Waals surface area contributed by atoms with E-state index in [0.717, 1.165) is 0 Å². The Morgan fingerprint density at radius 1 is 1.56 bits per heavy atom. The second-order valence-electron chi connectivity index (χ2n) is 3.55. The van der Waals surface area contributed by atoms with Crippen LogP contribution in [0.25, 0.3) is 11.4 Å². The summed E-state index contributed by atoms with van der Waals surface area (Å²) in [5, 5.41) is 23.1. The minimum absolute atomic E-state index is 0.0645. The molecule has 1 aromatic carbocycles. The Bertz CT molecular complexity index is 569. The van der Waals surface area contributed by atoms with Gasteiger partial charge in [-0.05, 0) is 0 Å². The van der Waals surface area contributed by atoms with Gasteiger partial charge in [-0.25, -0.2) is 0 Å². The number of nitro groups is 1. The molecule has 1 aromatic heterocycles. The Hall–Kier alpha value is -2.32. The lowest BCUT2D eigenvalue weighted by Crippen LogP contribution is -2.14. The molecule has 0 saturated heterocycles. The van der Waals surface area contributed by atoms with Crippen LogP contribution in [0.2, 0.25) is 0 Å². The molecule has 2 rings (SSSR count). The van der Waals surface area contributed by atoms with E-state index in [2.05, 4.69) is 10.1 Å². The number of non-ortho nitro benzene ring substituents is 1. The van der Waals surface area contributed by atoms with Crippen molar-refractivity contribution in [2.24, 2.45) is 5.73 Å². The number of aromatic nitrogens is 2. The highest BCUT2D eigenvalue weighted by molar-refractivity contribution is 5.58. The van der Waals surface area contributed by atoms with Gasteiger partial charge in [0.25, 0.3) is 5.69 Å². The molecule has 18 heavy (non-hydrogen) atoms. The molecular weight excluding hydrogens is 240 g/mol. The lowest BCUT2D eigenvalue weighted by atomic mass is 10.2. The van der Waals surface area contributed by atoms with Crippen LogP contribution in [-0.4, -0.2) is 26.8 Å². The maximum Gasteiger partial charge on any atom is 0.270 e. The maximum absolute atomic E-state index is 10.6. The number of nitrogens with zero attached hydrogens (tertiary/aromatic N) is 3. The lowest BCUT2D eigenvalue weighted by molar-refractivity contribution is -0.384. The smallest absolute Gasteiger partial charge is 0.270 e. The van der Waals surface area contributed by atoms with Crippen LogP contribution in [0.5, 0.6) is 0 Å². The fourth-order valence-corrected chi connectivity index (χ4v) is 1.34. The minimum atomic E-state index is -0.759. The second-order valence-corrected chi connectivity index (χ2v) is 3.55. The van der Waals surface area contributed by atoms with Gasteiger partial charge in [0.1, 0.15) is 6.04 Å². The van der Waals surface area contributed by atoms with Crippen molar-refractivity contribution in [2.75, 3.05) is 6.61 Å². The summed E-state index contributed by atoms with van der Waals surface area (Å²) in [5.74, 6) is 0.275. The third-order valence-electron chi connectivity index (χ3n) is 2.27. The lowest BCUT2D eigenvalue weighted by Gasteiger charge is -1.98. The van der Waals surface area contributed by atoms with Crippen molar-refractivity contribution in [3.8, 4) is 11.4 Å². The highest BCUT2D eigenvalue weighted by atomic mass is 16.6. The molecule has 3 N–H and O–H groups in total. The van der Waals surface area contributed by atoms with E-state index in [0.29, 0.717) is 5.56 Å². The van der Waals surface area contributed by atoms with E-state index in [1.54, 1.807) is 6.07 Å². The summed E-state index contributed by atoms with van der Waals surface area (Å²) in [6.45, 7) is -0.323. The van der Waals surface area contributed by atoms with E-state index < -0.39 is 11.0 Å². The zero-order valence-corrected chi connectivity index (χ0v) is 9.18. The molecular formula is C10H10N4O4. The Morgan fingerprint density at radius 3 is 3.00 bits per heavy atom. The van der Waals surface area contributed by atoms with Gasteiger partial charge in [-0.3, -0.25) is 10.1 Å². The Kier molecular flexibility index (Phi) is 3.31. The molecule has 0 aliphatic carbocycles. The summed E-state index contributed by atoms with van der Waals surface area (Å²) < 4.78 is 4.86. The molecule has 0 radical (unpaired) electrons. The van der Waals surface area contributed by atoms with Crippen molar-refractivity contribution in [2.45, 2.75) is 6.04 Å². The molecule has 0 amide bonds. The van der Waals surface area contributed by atoms with E-state index >= 15 is 0 Å². The number of aliphatic hydroxyl groups is 1. The van der Waals surface area contributed by atoms with Gasteiger partial charge >= 0.3 is 0 Å². The number of hydrogen-bond acceptors (Lipinski definition) is 7. The first kappa shape index (κ1) is 12.1. The van der Waals surface area contributed by atoms with Crippen LogP contribution < -0.4 is 5.73 Å². The molecule has 2 aromatic rings. The second kappa shape index (κ2) is 4.90. The zero-order chi connectivity index (χ0) is 13.1. The van der Waals surface area contributed by atoms with Gasteiger partial charge in [0.2, 0.25) is 11.7 Å². The van der Waals surface area contributed by atoms with Gasteiger partial charge in [0, 0.05) is 17.7 Å². The number of nitro benzene ring substituents is 1. The molecule has 0 aliphatic rings. The largest absolute Gasteiger partial charge is 0.394 e. The Morgan fingerprint density at radius 2 is 2.33 bits per heavy atom. The molecule has 1 atom stereocenters. The summed E-state index contributed by atoms with van der Waals surface area (Å²) >= 11 is 0. The van der Waals surface area contributed by atoms with Crippen molar-refractivity contribution in [1.82, 2.24) is 10.1 Å². The van der Waals surface area contributed by atoms with Crippen LogP contribution in [0.1, 0.15) is 11.9 Å². The topological polar surface area (TPSA) is 128 Å². The summed E-state index contributed by atoms with van der Waals surface area (Å²) in [6.07, 6.45) is 0. The van der Waals surface area contributed by atoms with Gasteiger partial charge in [-0.2, -0.15) is 4.98 Å². The number of aliphatic hydroxyl groups excluding tert-OH is 1. The van der Waals surface area contributed by atoms with E-state index in [9.17, 15) is 10.1 Å². The summed E-state index contributed by atoms with van der Waals surface area (Å²) in [6, 6.07) is 5.08. The molecule has 0 bridgehead atoms. The average molecular weight is 250 g/mol. The van der Waals surface area contributed by atoms with Crippen LogP contribution in [0.3, 0.4) is 0 Å². The Balaban J connectivity index is 2.34. The van der Waals surface area contributed by atoms with Crippen molar-refractivity contribution in [3.63, 3.8) is 0 Å². The molecule has 1 heterocycles. The molecule has 0 aliphatic heterocycles. The van der Waals surface area contributed by atoms with Gasteiger partial charge in [0.15, 0.2) is 0 Å². The summed E-state index contributed by atoms with van der Waals surface area (Å²) in [5.41, 5.74) is 5.89. The highest BCUT2D eigenvalue weighted by Crippen LogP contribution is 2.22. The molecule has 0 unspecified atom stereocenters. The standard InChI is InChI=1S/C10H10N4O4/c11-8(5-15)10-12-9(13-18-10)6-2-1-3-7(4-6)14(16)17/h1-4,8,15H,5,11H2/t8-/m0/s1. The quantitative estimate of drug-likeness (QED) is 0.601. The highest BCUT2D eigenvalue weighted by Gasteiger charge is 2.16. The molecule has 0 fully saturated rings. The van der Waals surface area contributed by atoms with Crippen molar-refractivity contribution in [1.29, 1.82) is 0 Å². The predicted molar refractivity (Wildman–Crippen MR) is 60.4 cm³/mol. The third-order valence-corrected chi connectivity index (χ3v) is 2.27. The van der Waals surface area contributed by atoms with Gasteiger partial charge in [0.05, 0.1) is 11.5 Å². The molecule has 8 heteroatoms. The van der Waals surface area contributed by atoms with Crippen molar-refractivity contribution < 1.29 is 14.6 Å². The molecule has 0 saturated carbocycles. The van der Waals surface area contributed by atoms with Gasteiger partial charge in [-0.15, -0.1) is 0 Å². The normalized spacial score (nSPS) is 12.3. The first-order valence-corrected chi connectivity index (χ1v) is 5.06. The first-order valence-electron chi connectivity index (χ1n) is 5.06. The average Bonchev–Trinajstić information content (AvgIpc) is 2.87. The fourth-order valence-electron chi connectivity index (χ4n) is 1.34. The Labute approximate surface area is 101 Å².